The normalized spacial score (nSPS) is 24.3. The summed E-state index contributed by atoms with van der Waals surface area (Å²) in [5.74, 6) is -1.55. The molecule has 0 spiro atoms. The fourth-order valence-corrected chi connectivity index (χ4v) is 4.01. The highest BCUT2D eigenvalue weighted by Crippen LogP contribution is 2.50. The summed E-state index contributed by atoms with van der Waals surface area (Å²) in [7, 11) is 0. The molecule has 3 nitrogen and oxygen atoms in total. The van der Waals surface area contributed by atoms with Crippen LogP contribution in [0.3, 0.4) is 0 Å². The molecule has 144 valence electrons. The van der Waals surface area contributed by atoms with Crippen LogP contribution in [0.2, 0.25) is 5.02 Å². The number of hydrogen-bond donors (Lipinski definition) is 1. The molecular formula is C20H20Cl2F2N2O. The van der Waals surface area contributed by atoms with Crippen LogP contribution in [0, 0.1) is 17.6 Å². The van der Waals surface area contributed by atoms with Crippen LogP contribution in [0.4, 0.5) is 8.78 Å². The molecule has 27 heavy (non-hydrogen) atoms. The van der Waals surface area contributed by atoms with E-state index in [0.717, 1.165) is 18.2 Å². The first kappa shape index (κ1) is 20.1. The van der Waals surface area contributed by atoms with Crippen molar-refractivity contribution >= 4 is 29.9 Å². The molecule has 3 atom stereocenters. The lowest BCUT2D eigenvalue weighted by atomic mass is 10.0. The number of nitrogens with one attached hydrogen (secondary N) is 1. The maximum atomic E-state index is 14.0. The van der Waals surface area contributed by atoms with Crippen molar-refractivity contribution < 1.29 is 13.6 Å². The topological polar surface area (TPSA) is 32.3 Å². The summed E-state index contributed by atoms with van der Waals surface area (Å²) in [5.41, 5.74) is 1.42. The third kappa shape index (κ3) is 4.10. The van der Waals surface area contributed by atoms with Gasteiger partial charge in [0.05, 0.1) is 6.04 Å². The minimum atomic E-state index is -0.599. The van der Waals surface area contributed by atoms with Crippen molar-refractivity contribution in [2.45, 2.75) is 18.4 Å². The molecule has 0 bridgehead atoms. The van der Waals surface area contributed by atoms with E-state index in [1.165, 1.54) is 12.1 Å². The maximum absolute atomic E-state index is 14.0. The van der Waals surface area contributed by atoms with Crippen molar-refractivity contribution in [3.63, 3.8) is 0 Å². The zero-order valence-corrected chi connectivity index (χ0v) is 16.1. The first-order chi connectivity index (χ1) is 12.5. The molecule has 1 N–H and O–H groups in total. The summed E-state index contributed by atoms with van der Waals surface area (Å²) in [6.07, 6.45) is 0.605. The van der Waals surface area contributed by atoms with Crippen LogP contribution in [0.25, 0.3) is 0 Å². The van der Waals surface area contributed by atoms with Crippen LogP contribution in [-0.2, 0) is 4.79 Å². The Bertz CT molecular complexity index is 848. The van der Waals surface area contributed by atoms with Gasteiger partial charge in [0, 0.05) is 36.6 Å². The summed E-state index contributed by atoms with van der Waals surface area (Å²) < 4.78 is 27.1. The van der Waals surface area contributed by atoms with Crippen molar-refractivity contribution in [3.05, 3.63) is 70.2 Å². The van der Waals surface area contributed by atoms with Gasteiger partial charge in [-0.1, -0.05) is 29.8 Å². The number of benzene rings is 2. The zero-order valence-electron chi connectivity index (χ0n) is 14.5. The van der Waals surface area contributed by atoms with E-state index in [4.69, 9.17) is 11.6 Å². The van der Waals surface area contributed by atoms with Gasteiger partial charge in [-0.05, 0) is 41.7 Å². The molecule has 3 unspecified atom stereocenters. The van der Waals surface area contributed by atoms with Gasteiger partial charge >= 0.3 is 0 Å². The number of amides is 1. The largest absolute Gasteiger partial charge is 0.333 e. The third-order valence-corrected chi connectivity index (χ3v) is 5.46. The van der Waals surface area contributed by atoms with Gasteiger partial charge in [0.1, 0.15) is 11.6 Å². The van der Waals surface area contributed by atoms with Crippen LogP contribution in [0.1, 0.15) is 29.5 Å². The van der Waals surface area contributed by atoms with E-state index in [1.54, 1.807) is 0 Å². The zero-order chi connectivity index (χ0) is 18.3. The fraction of sp³-hybridized carbons (Fsp3) is 0.350. The Morgan fingerprint density at radius 2 is 2.00 bits per heavy atom. The highest BCUT2D eigenvalue weighted by atomic mass is 35.5. The van der Waals surface area contributed by atoms with Gasteiger partial charge in [0.25, 0.3) is 0 Å². The van der Waals surface area contributed by atoms with Crippen molar-refractivity contribution in [1.29, 1.82) is 0 Å². The number of nitrogens with zero attached hydrogens (tertiary/aromatic N) is 1. The second-order valence-corrected chi connectivity index (χ2v) is 7.36. The van der Waals surface area contributed by atoms with Crippen molar-refractivity contribution in [2.75, 3.05) is 19.6 Å². The predicted octanol–water partition coefficient (Wildman–Crippen LogP) is 4.32. The maximum Gasteiger partial charge on any atom is 0.226 e. The molecule has 1 saturated carbocycles. The van der Waals surface area contributed by atoms with E-state index in [-0.39, 0.29) is 36.2 Å². The summed E-state index contributed by atoms with van der Waals surface area (Å²) in [6.45, 7) is 1.99. The monoisotopic (exact) mass is 412 g/mol. The standard InChI is InChI=1S/C20H19ClF2N2O.ClH/c21-13-3-1-2-12(8-13)19-11-24-6-7-25(19)20(26)17-10-16(17)15-5-4-14(22)9-18(15)23;/h1-5,8-9,16-17,19,24H,6-7,10-11H2;1H. The van der Waals surface area contributed by atoms with E-state index in [2.05, 4.69) is 5.32 Å². The molecule has 1 aliphatic carbocycles. The number of halogens is 4. The second kappa shape index (κ2) is 8.13. The summed E-state index contributed by atoms with van der Waals surface area (Å²) in [4.78, 5) is 14.9. The SMILES string of the molecule is Cl.O=C(C1CC1c1ccc(F)cc1F)N1CCNCC1c1cccc(Cl)c1. The van der Waals surface area contributed by atoms with Gasteiger partial charge in [-0.25, -0.2) is 8.78 Å². The van der Waals surface area contributed by atoms with Gasteiger partial charge in [-0.15, -0.1) is 12.4 Å². The van der Waals surface area contributed by atoms with Crippen LogP contribution in [0.15, 0.2) is 42.5 Å². The van der Waals surface area contributed by atoms with Crippen LogP contribution < -0.4 is 5.32 Å². The van der Waals surface area contributed by atoms with E-state index < -0.39 is 11.6 Å². The molecule has 2 aromatic rings. The molecule has 2 fully saturated rings. The van der Waals surface area contributed by atoms with Crippen LogP contribution in [-0.4, -0.2) is 30.4 Å². The van der Waals surface area contributed by atoms with Gasteiger partial charge < -0.3 is 10.2 Å². The molecule has 1 saturated heterocycles. The Kier molecular flexibility index (Phi) is 6.04. The minimum Gasteiger partial charge on any atom is -0.333 e. The number of carbonyl (C=O) groups is 1. The quantitative estimate of drug-likeness (QED) is 0.813. The Morgan fingerprint density at radius 1 is 1.19 bits per heavy atom. The van der Waals surface area contributed by atoms with Crippen LogP contribution in [0.5, 0.6) is 0 Å². The first-order valence-electron chi connectivity index (χ1n) is 8.76. The average molecular weight is 413 g/mol. The van der Waals surface area contributed by atoms with Gasteiger partial charge in [0.15, 0.2) is 0 Å². The lowest BCUT2D eigenvalue weighted by Crippen LogP contribution is -2.49. The average Bonchev–Trinajstić information content (AvgIpc) is 3.41. The van der Waals surface area contributed by atoms with E-state index in [0.29, 0.717) is 30.1 Å². The molecule has 4 rings (SSSR count). The van der Waals surface area contributed by atoms with E-state index in [1.807, 2.05) is 29.2 Å². The lowest BCUT2D eigenvalue weighted by molar-refractivity contribution is -0.136. The Morgan fingerprint density at radius 3 is 2.74 bits per heavy atom. The Labute approximate surface area is 168 Å². The number of rotatable bonds is 3. The third-order valence-electron chi connectivity index (χ3n) is 5.23. The molecule has 2 aromatic carbocycles. The number of hydrogen-bond acceptors (Lipinski definition) is 2. The van der Waals surface area contributed by atoms with Crippen molar-refractivity contribution in [2.24, 2.45) is 5.92 Å². The highest BCUT2D eigenvalue weighted by Gasteiger charge is 2.48. The van der Waals surface area contributed by atoms with Gasteiger partial charge in [0.2, 0.25) is 5.91 Å². The second-order valence-electron chi connectivity index (χ2n) is 6.92. The molecule has 2 aliphatic rings. The smallest absolute Gasteiger partial charge is 0.226 e. The van der Waals surface area contributed by atoms with E-state index >= 15 is 0 Å². The van der Waals surface area contributed by atoms with E-state index in [9.17, 15) is 13.6 Å². The summed E-state index contributed by atoms with van der Waals surface area (Å²) in [6, 6.07) is 11.0. The lowest BCUT2D eigenvalue weighted by Gasteiger charge is -2.37. The number of carbonyl (C=O) groups excluding carboxylic acids is 1. The molecule has 7 heteroatoms. The van der Waals surface area contributed by atoms with Crippen molar-refractivity contribution in [3.8, 4) is 0 Å². The Balaban J connectivity index is 0.00000210. The van der Waals surface area contributed by atoms with Crippen molar-refractivity contribution in [1.82, 2.24) is 10.2 Å². The fourth-order valence-electron chi connectivity index (χ4n) is 3.81. The molecular weight excluding hydrogens is 393 g/mol. The molecule has 1 aliphatic heterocycles. The summed E-state index contributed by atoms with van der Waals surface area (Å²) in [5, 5.41) is 3.95. The predicted molar refractivity (Wildman–Crippen MR) is 103 cm³/mol. The Hall–Kier alpha value is -1.69. The molecule has 1 heterocycles. The highest BCUT2D eigenvalue weighted by molar-refractivity contribution is 6.30. The van der Waals surface area contributed by atoms with Gasteiger partial charge in [-0.3, -0.25) is 4.79 Å². The van der Waals surface area contributed by atoms with Crippen LogP contribution >= 0.6 is 24.0 Å². The first-order valence-corrected chi connectivity index (χ1v) is 9.14. The molecule has 1 amide bonds. The summed E-state index contributed by atoms with van der Waals surface area (Å²) >= 11 is 6.10. The minimum absolute atomic E-state index is 0. The number of piperazine rings is 1. The van der Waals surface area contributed by atoms with Gasteiger partial charge in [-0.2, -0.15) is 0 Å². The molecule has 0 aromatic heterocycles. The molecule has 0 radical (unpaired) electrons.